The number of nitrogens with zero attached hydrogens (tertiary/aromatic N) is 2. The maximum Gasteiger partial charge on any atom is 0.269 e. The smallest absolute Gasteiger partial charge is 0.269 e. The van der Waals surface area contributed by atoms with Crippen LogP contribution in [0.2, 0.25) is 0 Å². The van der Waals surface area contributed by atoms with Gasteiger partial charge in [-0.3, -0.25) is 14.5 Å². The van der Waals surface area contributed by atoms with Crippen LogP contribution in [0.15, 0.2) is 12.1 Å². The van der Waals surface area contributed by atoms with Crippen molar-refractivity contribution in [3.8, 4) is 5.75 Å². The average molecular weight is 334 g/mol. The molecule has 0 saturated carbocycles. The summed E-state index contributed by atoms with van der Waals surface area (Å²) in [5.74, 6) is 0.477. The molecule has 3 N–H and O–H groups in total. The van der Waals surface area contributed by atoms with Crippen LogP contribution in [0.25, 0.3) is 0 Å². The maximum absolute atomic E-state index is 12.5. The van der Waals surface area contributed by atoms with Crippen LogP contribution in [0, 0.1) is 0 Å². The molecule has 2 atom stereocenters. The van der Waals surface area contributed by atoms with Gasteiger partial charge in [-0.25, -0.2) is 4.98 Å². The maximum atomic E-state index is 12.5. The van der Waals surface area contributed by atoms with E-state index in [9.17, 15) is 9.59 Å². The van der Waals surface area contributed by atoms with Gasteiger partial charge in [-0.15, -0.1) is 0 Å². The zero-order chi connectivity index (χ0) is 17.1. The summed E-state index contributed by atoms with van der Waals surface area (Å²) in [6, 6.07) is 3.28. The number of amides is 2. The summed E-state index contributed by atoms with van der Waals surface area (Å²) in [6.07, 6.45) is 1.90. The summed E-state index contributed by atoms with van der Waals surface area (Å²) >= 11 is 0. The lowest BCUT2D eigenvalue weighted by Crippen LogP contribution is -2.50. The van der Waals surface area contributed by atoms with Crippen molar-refractivity contribution in [2.24, 2.45) is 0 Å². The lowest BCUT2D eigenvalue weighted by atomic mass is 10.2. The Morgan fingerprint density at radius 1 is 1.50 bits per heavy atom. The lowest BCUT2D eigenvalue weighted by Gasteiger charge is -2.32. The molecule has 3 heterocycles. The number of anilines is 2. The molecule has 8 nitrogen and oxygen atoms in total. The van der Waals surface area contributed by atoms with Crippen LogP contribution >= 0.6 is 0 Å². The highest BCUT2D eigenvalue weighted by molar-refractivity contribution is 6.03. The van der Waals surface area contributed by atoms with Gasteiger partial charge in [0.15, 0.2) is 17.7 Å². The van der Waals surface area contributed by atoms with Gasteiger partial charge < -0.3 is 20.5 Å². The predicted octanol–water partition coefficient (Wildman–Crippen LogP) is 0.463. The Labute approximate surface area is 140 Å². The van der Waals surface area contributed by atoms with Gasteiger partial charge in [-0.05, 0) is 31.4 Å². The minimum atomic E-state index is -0.617. The molecule has 1 aromatic heterocycles. The zero-order valence-electron chi connectivity index (χ0n) is 13.7. The number of aromatic nitrogens is 1. The minimum absolute atomic E-state index is 0.0544. The molecule has 3 rings (SSSR count). The summed E-state index contributed by atoms with van der Waals surface area (Å²) in [4.78, 5) is 30.3. The first-order chi connectivity index (χ1) is 11.6. The molecule has 0 aromatic carbocycles. The van der Waals surface area contributed by atoms with Crippen molar-refractivity contribution in [3.05, 3.63) is 12.1 Å². The molecular weight excluding hydrogens is 312 g/mol. The van der Waals surface area contributed by atoms with E-state index in [-0.39, 0.29) is 36.1 Å². The second-order valence-corrected chi connectivity index (χ2v) is 5.94. The van der Waals surface area contributed by atoms with E-state index >= 15 is 0 Å². The molecule has 1 saturated heterocycles. The molecule has 24 heavy (non-hydrogen) atoms. The Bertz CT molecular complexity index is 631. The van der Waals surface area contributed by atoms with Crippen molar-refractivity contribution in [2.75, 3.05) is 30.3 Å². The highest BCUT2D eigenvalue weighted by Gasteiger charge is 2.35. The van der Waals surface area contributed by atoms with Crippen LogP contribution in [0.5, 0.6) is 5.75 Å². The lowest BCUT2D eigenvalue weighted by molar-refractivity contribution is -0.129. The summed E-state index contributed by atoms with van der Waals surface area (Å²) in [7, 11) is 0. The Morgan fingerprint density at radius 3 is 3.04 bits per heavy atom. The third-order valence-corrected chi connectivity index (χ3v) is 4.15. The number of carbonyl (C=O) groups excluding carboxylic acids is 2. The first-order valence-corrected chi connectivity index (χ1v) is 8.21. The van der Waals surface area contributed by atoms with Crippen LogP contribution in [-0.4, -0.2) is 48.7 Å². The van der Waals surface area contributed by atoms with Gasteiger partial charge in [0.1, 0.15) is 12.4 Å². The van der Waals surface area contributed by atoms with Gasteiger partial charge in [-0.1, -0.05) is 6.92 Å². The van der Waals surface area contributed by atoms with Crippen LogP contribution in [0.1, 0.15) is 26.2 Å². The van der Waals surface area contributed by atoms with Crippen molar-refractivity contribution in [2.45, 2.75) is 38.4 Å². The van der Waals surface area contributed by atoms with Crippen LogP contribution in [0.3, 0.4) is 0 Å². The molecular formula is C16H22N4O4. The Hall–Kier alpha value is -2.35. The van der Waals surface area contributed by atoms with Crippen molar-refractivity contribution in [3.63, 3.8) is 0 Å². The molecule has 0 bridgehead atoms. The topological polar surface area (TPSA) is 107 Å². The number of nitrogens with two attached hydrogens (primary N) is 1. The van der Waals surface area contributed by atoms with E-state index < -0.39 is 6.10 Å². The zero-order valence-corrected chi connectivity index (χ0v) is 13.7. The summed E-state index contributed by atoms with van der Waals surface area (Å²) in [6.45, 7) is 2.92. The first-order valence-electron chi connectivity index (χ1n) is 8.21. The number of hydrogen-bond acceptors (Lipinski definition) is 6. The van der Waals surface area contributed by atoms with Crippen LogP contribution < -0.4 is 20.7 Å². The molecule has 1 aromatic rings. The number of rotatable bonds is 5. The fourth-order valence-electron chi connectivity index (χ4n) is 2.86. The highest BCUT2D eigenvalue weighted by Crippen LogP contribution is 2.33. The second-order valence-electron chi connectivity index (χ2n) is 5.94. The van der Waals surface area contributed by atoms with E-state index in [1.54, 1.807) is 12.1 Å². The van der Waals surface area contributed by atoms with E-state index in [2.05, 4.69) is 10.3 Å². The number of carbonyl (C=O) groups is 2. The number of fused-ring (bicyclic) bond motifs is 1. The van der Waals surface area contributed by atoms with E-state index in [0.717, 1.165) is 19.4 Å². The molecule has 2 unspecified atom stereocenters. The number of nitrogen functional groups attached to an aromatic ring is 1. The molecule has 0 radical (unpaired) electrons. The van der Waals surface area contributed by atoms with Crippen molar-refractivity contribution in [1.29, 1.82) is 0 Å². The average Bonchev–Trinajstić information content (AvgIpc) is 3.09. The molecule has 130 valence electrons. The Kier molecular flexibility index (Phi) is 4.84. The third-order valence-electron chi connectivity index (χ3n) is 4.15. The second kappa shape index (κ2) is 7.04. The van der Waals surface area contributed by atoms with Gasteiger partial charge in [0, 0.05) is 13.2 Å². The first kappa shape index (κ1) is 16.5. The summed E-state index contributed by atoms with van der Waals surface area (Å²) in [5, 5.41) is 2.81. The van der Waals surface area contributed by atoms with Gasteiger partial charge in [0.2, 0.25) is 5.91 Å². The van der Waals surface area contributed by atoms with Crippen LogP contribution in [0.4, 0.5) is 11.6 Å². The normalized spacial score (nSPS) is 22.9. The quantitative estimate of drug-likeness (QED) is 0.810. The predicted molar refractivity (Wildman–Crippen MR) is 87.7 cm³/mol. The Balaban J connectivity index is 1.71. The molecule has 2 aliphatic rings. The number of nitrogens with one attached hydrogen (secondary N) is 1. The van der Waals surface area contributed by atoms with E-state index in [4.69, 9.17) is 15.2 Å². The van der Waals surface area contributed by atoms with E-state index in [1.807, 2.05) is 6.92 Å². The monoisotopic (exact) mass is 334 g/mol. The molecule has 2 aliphatic heterocycles. The third kappa shape index (κ3) is 3.43. The van der Waals surface area contributed by atoms with Crippen molar-refractivity contribution < 1.29 is 19.1 Å². The van der Waals surface area contributed by atoms with E-state index in [1.165, 1.54) is 4.90 Å². The van der Waals surface area contributed by atoms with E-state index in [0.29, 0.717) is 18.7 Å². The number of pyridine rings is 1. The summed E-state index contributed by atoms with van der Waals surface area (Å²) < 4.78 is 11.1. The van der Waals surface area contributed by atoms with Gasteiger partial charge in [0.05, 0.1) is 6.10 Å². The van der Waals surface area contributed by atoms with Gasteiger partial charge >= 0.3 is 0 Å². The molecule has 0 aliphatic carbocycles. The Morgan fingerprint density at radius 2 is 2.33 bits per heavy atom. The number of hydrogen-bond donors (Lipinski definition) is 2. The van der Waals surface area contributed by atoms with Crippen molar-refractivity contribution >= 4 is 23.5 Å². The molecule has 1 fully saturated rings. The highest BCUT2D eigenvalue weighted by atomic mass is 16.5. The molecule has 0 spiro atoms. The SMILES string of the molecule is CCC1Oc2ccc(N)nc2N(CC(=O)NCC2CCCO2)C1=O. The fourth-order valence-corrected chi connectivity index (χ4v) is 2.86. The standard InChI is InChI=1S/C16H22N4O4/c1-2-11-16(22)20(15-12(24-11)5-6-13(17)19-15)9-14(21)18-8-10-4-3-7-23-10/h5-6,10-11H,2-4,7-9H2,1H3,(H2,17,19)(H,18,21). The molecule has 2 amide bonds. The van der Waals surface area contributed by atoms with Gasteiger partial charge in [-0.2, -0.15) is 0 Å². The number of ether oxygens (including phenoxy) is 2. The molecule has 8 heteroatoms. The van der Waals surface area contributed by atoms with Crippen molar-refractivity contribution in [1.82, 2.24) is 10.3 Å². The summed E-state index contributed by atoms with van der Waals surface area (Å²) in [5.41, 5.74) is 5.71. The minimum Gasteiger partial charge on any atom is -0.477 e. The van der Waals surface area contributed by atoms with Crippen LogP contribution in [-0.2, 0) is 14.3 Å². The van der Waals surface area contributed by atoms with Gasteiger partial charge in [0.25, 0.3) is 5.91 Å². The largest absolute Gasteiger partial charge is 0.477 e. The fraction of sp³-hybridized carbons (Fsp3) is 0.562.